The van der Waals surface area contributed by atoms with Crippen LogP contribution in [-0.4, -0.2) is 34.4 Å². The number of thiophene rings is 1. The highest BCUT2D eigenvalue weighted by Gasteiger charge is 2.35. The van der Waals surface area contributed by atoms with Crippen molar-refractivity contribution in [3.05, 3.63) is 52.2 Å². The first kappa shape index (κ1) is 15.6. The molecule has 0 radical (unpaired) electrons. The molecular weight excluding hydrogens is 330 g/mol. The minimum absolute atomic E-state index is 0.115. The van der Waals surface area contributed by atoms with Crippen molar-refractivity contribution in [3.8, 4) is 6.07 Å². The van der Waals surface area contributed by atoms with Crippen molar-refractivity contribution in [3.63, 3.8) is 0 Å². The fourth-order valence-corrected chi connectivity index (χ4v) is 4.05. The molecule has 2 aromatic rings. The fraction of sp³-hybridized carbons (Fsp3) is 0.188. The quantitative estimate of drug-likeness (QED) is 0.930. The van der Waals surface area contributed by atoms with E-state index in [1.54, 1.807) is 52.4 Å². The summed E-state index contributed by atoms with van der Waals surface area (Å²) >= 11 is 3.03. The molecule has 23 heavy (non-hydrogen) atoms. The molecule has 0 spiro atoms. The summed E-state index contributed by atoms with van der Waals surface area (Å²) in [6.07, 6.45) is 0. The third-order valence-corrected chi connectivity index (χ3v) is 5.19. The molecule has 2 heterocycles. The molecule has 1 saturated heterocycles. The molecule has 0 aliphatic carbocycles. The molecule has 1 aliphatic heterocycles. The Balaban J connectivity index is 1.70. The first-order valence-electron chi connectivity index (χ1n) is 6.91. The molecule has 3 rings (SSSR count). The number of benzene rings is 1. The topological polar surface area (TPSA) is 73.2 Å². The maximum absolute atomic E-state index is 12.5. The van der Waals surface area contributed by atoms with Gasteiger partial charge in [0.2, 0.25) is 5.91 Å². The molecule has 0 saturated carbocycles. The number of nitrogens with one attached hydrogen (secondary N) is 1. The van der Waals surface area contributed by atoms with Gasteiger partial charge in [-0.25, -0.2) is 0 Å². The molecule has 1 N–H and O–H groups in total. The Labute approximate surface area is 141 Å². The summed E-state index contributed by atoms with van der Waals surface area (Å²) in [7, 11) is 0. The number of carbonyl (C=O) groups excluding carboxylic acids is 2. The second-order valence-corrected chi connectivity index (χ2v) is 6.76. The Morgan fingerprint density at radius 2 is 2.04 bits per heavy atom. The Hall–Kier alpha value is -2.30. The zero-order chi connectivity index (χ0) is 16.2. The smallest absolute Gasteiger partial charge is 0.256 e. The van der Waals surface area contributed by atoms with Crippen LogP contribution in [0.15, 0.2) is 41.1 Å². The van der Waals surface area contributed by atoms with Crippen molar-refractivity contribution >= 4 is 40.6 Å². The summed E-state index contributed by atoms with van der Waals surface area (Å²) in [5.74, 6) is 0.775. The zero-order valence-electron chi connectivity index (χ0n) is 12.1. The van der Waals surface area contributed by atoms with Crippen molar-refractivity contribution in [2.75, 3.05) is 16.9 Å². The van der Waals surface area contributed by atoms with E-state index in [0.29, 0.717) is 28.4 Å². The third-order valence-electron chi connectivity index (χ3n) is 3.50. The molecule has 116 valence electrons. The van der Waals surface area contributed by atoms with E-state index in [-0.39, 0.29) is 11.8 Å². The number of nitrogens with zero attached hydrogens (tertiary/aromatic N) is 2. The van der Waals surface area contributed by atoms with Gasteiger partial charge in [-0.05, 0) is 35.7 Å². The number of hydrogen-bond donors (Lipinski definition) is 1. The van der Waals surface area contributed by atoms with Crippen LogP contribution in [-0.2, 0) is 4.79 Å². The molecule has 7 heteroatoms. The first-order chi connectivity index (χ1) is 11.2. The molecule has 1 aromatic carbocycles. The maximum atomic E-state index is 12.5. The lowest BCUT2D eigenvalue weighted by Gasteiger charge is -2.22. The Morgan fingerprint density at radius 3 is 2.70 bits per heavy atom. The van der Waals surface area contributed by atoms with Gasteiger partial charge in [-0.15, -0.1) is 11.8 Å². The second-order valence-electron chi connectivity index (χ2n) is 4.98. The SMILES string of the molecule is N#Cc1ccc(NC(=O)C2CSCN2C(=O)c2ccsc2)cc1. The average molecular weight is 343 g/mol. The molecular formula is C16H13N3O2S2. The van der Waals surface area contributed by atoms with Gasteiger partial charge >= 0.3 is 0 Å². The summed E-state index contributed by atoms with van der Waals surface area (Å²) in [4.78, 5) is 26.5. The molecule has 1 aliphatic rings. The second kappa shape index (κ2) is 6.86. The lowest BCUT2D eigenvalue weighted by molar-refractivity contribution is -0.119. The van der Waals surface area contributed by atoms with Crippen molar-refractivity contribution in [2.24, 2.45) is 0 Å². The van der Waals surface area contributed by atoms with Gasteiger partial charge < -0.3 is 10.2 Å². The van der Waals surface area contributed by atoms with E-state index >= 15 is 0 Å². The van der Waals surface area contributed by atoms with Gasteiger partial charge in [0.25, 0.3) is 5.91 Å². The molecule has 1 fully saturated rings. The van der Waals surface area contributed by atoms with Gasteiger partial charge in [0.1, 0.15) is 6.04 Å². The fourth-order valence-electron chi connectivity index (χ4n) is 2.27. The maximum Gasteiger partial charge on any atom is 0.256 e. The van der Waals surface area contributed by atoms with Crippen LogP contribution < -0.4 is 5.32 Å². The zero-order valence-corrected chi connectivity index (χ0v) is 13.7. The van der Waals surface area contributed by atoms with E-state index in [1.165, 1.54) is 11.3 Å². The third kappa shape index (κ3) is 3.38. The number of thioether (sulfide) groups is 1. The van der Waals surface area contributed by atoms with Crippen molar-refractivity contribution < 1.29 is 9.59 Å². The van der Waals surface area contributed by atoms with Crippen molar-refractivity contribution in [2.45, 2.75) is 6.04 Å². The van der Waals surface area contributed by atoms with Crippen LogP contribution in [0, 0.1) is 11.3 Å². The molecule has 2 amide bonds. The summed E-state index contributed by atoms with van der Waals surface area (Å²) in [5, 5.41) is 15.2. The predicted molar refractivity (Wildman–Crippen MR) is 91.4 cm³/mol. The van der Waals surface area contributed by atoms with E-state index in [2.05, 4.69) is 5.32 Å². The van der Waals surface area contributed by atoms with Gasteiger partial charge in [0.05, 0.1) is 23.1 Å². The van der Waals surface area contributed by atoms with Gasteiger partial charge in [-0.1, -0.05) is 0 Å². The van der Waals surface area contributed by atoms with Gasteiger partial charge in [-0.2, -0.15) is 16.6 Å². The molecule has 1 unspecified atom stereocenters. The standard InChI is InChI=1S/C16H13N3O2S2/c17-7-11-1-3-13(4-2-11)18-15(20)14-9-23-10-19(14)16(21)12-5-6-22-8-12/h1-6,8,14H,9-10H2,(H,18,20). The number of hydrogen-bond acceptors (Lipinski definition) is 5. The summed E-state index contributed by atoms with van der Waals surface area (Å²) < 4.78 is 0. The number of nitriles is 1. The lowest BCUT2D eigenvalue weighted by Crippen LogP contribution is -2.44. The van der Waals surface area contributed by atoms with Crippen molar-refractivity contribution in [1.82, 2.24) is 4.90 Å². The van der Waals surface area contributed by atoms with Crippen LogP contribution in [0.5, 0.6) is 0 Å². The highest BCUT2D eigenvalue weighted by Crippen LogP contribution is 2.25. The largest absolute Gasteiger partial charge is 0.324 e. The highest BCUT2D eigenvalue weighted by atomic mass is 32.2. The minimum Gasteiger partial charge on any atom is -0.324 e. The summed E-state index contributed by atoms with van der Waals surface area (Å²) in [5.41, 5.74) is 1.77. The van der Waals surface area contributed by atoms with E-state index in [1.807, 2.05) is 11.4 Å². The number of anilines is 1. The average Bonchev–Trinajstić information content (AvgIpc) is 3.26. The highest BCUT2D eigenvalue weighted by molar-refractivity contribution is 7.99. The van der Waals surface area contributed by atoms with Crippen LogP contribution in [0.4, 0.5) is 5.69 Å². The molecule has 1 aromatic heterocycles. The lowest BCUT2D eigenvalue weighted by atomic mass is 10.2. The predicted octanol–water partition coefficient (Wildman–Crippen LogP) is 2.77. The Morgan fingerprint density at radius 1 is 1.26 bits per heavy atom. The van der Waals surface area contributed by atoms with E-state index in [0.717, 1.165) is 0 Å². The van der Waals surface area contributed by atoms with E-state index in [4.69, 9.17) is 5.26 Å². The molecule has 1 atom stereocenters. The number of carbonyl (C=O) groups is 2. The number of rotatable bonds is 3. The summed E-state index contributed by atoms with van der Waals surface area (Å²) in [6.45, 7) is 0. The van der Waals surface area contributed by atoms with Crippen LogP contribution in [0.1, 0.15) is 15.9 Å². The van der Waals surface area contributed by atoms with Crippen LogP contribution in [0.2, 0.25) is 0 Å². The minimum atomic E-state index is -0.483. The molecule has 5 nitrogen and oxygen atoms in total. The van der Waals surface area contributed by atoms with E-state index < -0.39 is 6.04 Å². The van der Waals surface area contributed by atoms with Crippen molar-refractivity contribution in [1.29, 1.82) is 5.26 Å². The van der Waals surface area contributed by atoms with Crippen LogP contribution in [0.25, 0.3) is 0 Å². The Bertz CT molecular complexity index is 751. The number of amides is 2. The summed E-state index contributed by atoms with van der Waals surface area (Å²) in [6, 6.07) is 9.98. The monoisotopic (exact) mass is 343 g/mol. The van der Waals surface area contributed by atoms with Crippen LogP contribution in [0.3, 0.4) is 0 Å². The van der Waals surface area contributed by atoms with Crippen LogP contribution >= 0.6 is 23.1 Å². The van der Waals surface area contributed by atoms with Gasteiger partial charge in [0, 0.05) is 16.8 Å². The van der Waals surface area contributed by atoms with Gasteiger partial charge in [-0.3, -0.25) is 9.59 Å². The Kier molecular flexibility index (Phi) is 4.65. The normalized spacial score (nSPS) is 16.8. The first-order valence-corrected chi connectivity index (χ1v) is 9.01. The van der Waals surface area contributed by atoms with Gasteiger partial charge in [0.15, 0.2) is 0 Å². The molecule has 0 bridgehead atoms. The van der Waals surface area contributed by atoms with E-state index in [9.17, 15) is 9.59 Å².